The van der Waals surface area contributed by atoms with Gasteiger partial charge in [-0.2, -0.15) is 0 Å². The van der Waals surface area contributed by atoms with Crippen molar-refractivity contribution < 1.29 is 23.9 Å². The van der Waals surface area contributed by atoms with Crippen molar-refractivity contribution in [3.05, 3.63) is 72.3 Å². The zero-order chi connectivity index (χ0) is 23.4. The summed E-state index contributed by atoms with van der Waals surface area (Å²) < 4.78 is 5.15. The number of likely N-dealkylation sites (tertiary alicyclic amines) is 1. The van der Waals surface area contributed by atoms with E-state index in [1.54, 1.807) is 12.1 Å². The van der Waals surface area contributed by atoms with Crippen LogP contribution in [0.15, 0.2) is 66.7 Å². The molecule has 2 bridgehead atoms. The molecule has 6 atom stereocenters. The summed E-state index contributed by atoms with van der Waals surface area (Å²) in [4.78, 5) is 51.9. The van der Waals surface area contributed by atoms with Crippen LogP contribution < -0.4 is 0 Å². The van der Waals surface area contributed by atoms with Crippen molar-refractivity contribution >= 4 is 23.6 Å². The van der Waals surface area contributed by atoms with Crippen LogP contribution in [-0.2, 0) is 19.1 Å². The van der Waals surface area contributed by atoms with Crippen molar-refractivity contribution in [1.82, 2.24) is 4.90 Å². The third kappa shape index (κ3) is 3.40. The number of imide groups is 1. The van der Waals surface area contributed by atoms with E-state index in [-0.39, 0.29) is 60.8 Å². The first kappa shape index (κ1) is 21.0. The number of Topliss-reactive ketones (excluding diaryl/α,β-unsaturated/α-hetero) is 1. The summed E-state index contributed by atoms with van der Waals surface area (Å²) in [6.45, 7) is -0.355. The molecular formula is C28H25NO5. The van der Waals surface area contributed by atoms with E-state index in [1.807, 2.05) is 42.5 Å². The Morgan fingerprint density at radius 3 is 2.03 bits per heavy atom. The molecule has 0 radical (unpaired) electrons. The van der Waals surface area contributed by atoms with Crippen LogP contribution in [0.1, 0.15) is 23.2 Å². The second kappa shape index (κ2) is 8.05. The molecule has 1 heterocycles. The minimum atomic E-state index is -0.589. The standard InChI is InChI=1S/C28H25NO5/c30-23(18-8-6-17(7-9-18)16-4-2-1-3-5-16)15-34-24(31)12-13-29-27(32)25-19-10-11-20(22-14-21(19)22)26(25)28(29)33/h1-11,19-22,25-26H,12-15H2/t19-,20-,21-,22-,25-,26-/m1/s1. The van der Waals surface area contributed by atoms with Gasteiger partial charge in [0.15, 0.2) is 12.4 Å². The Morgan fingerprint density at radius 1 is 0.824 bits per heavy atom. The Morgan fingerprint density at radius 2 is 1.41 bits per heavy atom. The Kier molecular flexibility index (Phi) is 4.97. The third-order valence-corrected chi connectivity index (χ3v) is 7.97. The highest BCUT2D eigenvalue weighted by Gasteiger charge is 2.66. The molecule has 2 aromatic carbocycles. The predicted molar refractivity (Wildman–Crippen MR) is 123 cm³/mol. The first-order chi connectivity index (χ1) is 16.5. The van der Waals surface area contributed by atoms with Crippen LogP contribution in [0.2, 0.25) is 0 Å². The lowest BCUT2D eigenvalue weighted by Gasteiger charge is -2.37. The smallest absolute Gasteiger partial charge is 0.308 e. The Bertz CT molecular complexity index is 1170. The highest BCUT2D eigenvalue weighted by Crippen LogP contribution is 2.65. The van der Waals surface area contributed by atoms with Crippen LogP contribution in [-0.4, -0.2) is 41.6 Å². The first-order valence-corrected chi connectivity index (χ1v) is 11.9. The molecule has 0 spiro atoms. The van der Waals surface area contributed by atoms with Gasteiger partial charge in [0.25, 0.3) is 0 Å². The number of hydrogen-bond acceptors (Lipinski definition) is 5. The van der Waals surface area contributed by atoms with Gasteiger partial charge < -0.3 is 4.74 Å². The van der Waals surface area contributed by atoms with Gasteiger partial charge in [-0.1, -0.05) is 66.7 Å². The second-order valence-electron chi connectivity index (χ2n) is 9.76. The molecule has 2 amide bonds. The monoisotopic (exact) mass is 455 g/mol. The lowest BCUT2D eigenvalue weighted by molar-refractivity contribution is -0.145. The molecule has 2 aromatic rings. The molecule has 4 aliphatic carbocycles. The summed E-state index contributed by atoms with van der Waals surface area (Å²) in [6.07, 6.45) is 5.26. The van der Waals surface area contributed by atoms with Gasteiger partial charge >= 0.3 is 5.97 Å². The number of nitrogens with zero attached hydrogens (tertiary/aromatic N) is 1. The van der Waals surface area contributed by atoms with Crippen LogP contribution in [0, 0.1) is 35.5 Å². The fourth-order valence-electron chi connectivity index (χ4n) is 6.22. The van der Waals surface area contributed by atoms with E-state index in [1.165, 1.54) is 4.90 Å². The third-order valence-electron chi connectivity index (χ3n) is 7.97. The fourth-order valence-corrected chi connectivity index (χ4v) is 6.22. The zero-order valence-corrected chi connectivity index (χ0v) is 18.6. The van der Waals surface area contributed by atoms with E-state index in [9.17, 15) is 19.2 Å². The minimum Gasteiger partial charge on any atom is -0.457 e. The summed E-state index contributed by atoms with van der Waals surface area (Å²) in [7, 11) is 0. The van der Waals surface area contributed by atoms with Crippen molar-refractivity contribution in [3.63, 3.8) is 0 Å². The zero-order valence-electron chi connectivity index (χ0n) is 18.6. The van der Waals surface area contributed by atoms with E-state index in [4.69, 9.17) is 4.74 Å². The number of amides is 2. The largest absolute Gasteiger partial charge is 0.457 e. The quantitative estimate of drug-likeness (QED) is 0.276. The maximum Gasteiger partial charge on any atom is 0.308 e. The van der Waals surface area contributed by atoms with Crippen molar-refractivity contribution in [2.24, 2.45) is 35.5 Å². The number of carbonyl (C=O) groups excluding carboxylic acids is 4. The number of ether oxygens (including phenoxy) is 1. The summed E-state index contributed by atoms with van der Waals surface area (Å²) in [6, 6.07) is 17.0. The van der Waals surface area contributed by atoms with Gasteiger partial charge in [0, 0.05) is 12.1 Å². The van der Waals surface area contributed by atoms with Crippen LogP contribution in [0.5, 0.6) is 0 Å². The van der Waals surface area contributed by atoms with Crippen LogP contribution in [0.25, 0.3) is 11.1 Å². The average Bonchev–Trinajstić information content (AvgIpc) is 3.66. The molecule has 3 fully saturated rings. The van der Waals surface area contributed by atoms with E-state index in [0.29, 0.717) is 17.4 Å². The predicted octanol–water partition coefficient (Wildman–Crippen LogP) is 3.52. The van der Waals surface area contributed by atoms with Crippen LogP contribution in [0.3, 0.4) is 0 Å². The molecule has 172 valence electrons. The molecule has 0 unspecified atom stereocenters. The number of hydrogen-bond donors (Lipinski definition) is 0. The molecule has 0 N–H and O–H groups in total. The van der Waals surface area contributed by atoms with Gasteiger partial charge in [0.2, 0.25) is 11.8 Å². The molecule has 7 rings (SSSR count). The van der Waals surface area contributed by atoms with Gasteiger partial charge in [-0.15, -0.1) is 0 Å². The van der Waals surface area contributed by atoms with Crippen molar-refractivity contribution in [1.29, 1.82) is 0 Å². The number of benzene rings is 2. The van der Waals surface area contributed by atoms with Crippen molar-refractivity contribution in [2.75, 3.05) is 13.2 Å². The number of carbonyl (C=O) groups is 4. The second-order valence-corrected chi connectivity index (χ2v) is 9.76. The summed E-state index contributed by atoms with van der Waals surface area (Å²) >= 11 is 0. The topological polar surface area (TPSA) is 80.8 Å². The van der Waals surface area contributed by atoms with Gasteiger partial charge in [-0.05, 0) is 41.2 Å². The molecule has 5 aliphatic rings. The number of rotatable bonds is 7. The Hall–Kier alpha value is -3.54. The van der Waals surface area contributed by atoms with Gasteiger partial charge in [-0.25, -0.2) is 0 Å². The number of ketones is 1. The summed E-state index contributed by atoms with van der Waals surface area (Å²) in [5.41, 5.74) is 2.51. The van der Waals surface area contributed by atoms with Crippen LogP contribution >= 0.6 is 0 Å². The van der Waals surface area contributed by atoms with Gasteiger partial charge in [0.1, 0.15) is 0 Å². The average molecular weight is 456 g/mol. The minimum absolute atomic E-state index is 0.0121. The Labute approximate surface area is 197 Å². The maximum absolute atomic E-state index is 13.0. The first-order valence-electron chi connectivity index (χ1n) is 11.9. The van der Waals surface area contributed by atoms with Gasteiger partial charge in [-0.3, -0.25) is 24.1 Å². The SMILES string of the molecule is O=C(CCN1C(=O)[C@@H]2[C@@H]3C=C[C@H]([C@H]4C[C@H]34)[C@H]2C1=O)OCC(=O)c1ccc(-c2ccccc2)cc1. The molecule has 1 saturated heterocycles. The number of allylic oxidation sites excluding steroid dienone is 2. The summed E-state index contributed by atoms with van der Waals surface area (Å²) in [5.74, 6) is -0.285. The highest BCUT2D eigenvalue weighted by atomic mass is 16.5. The van der Waals surface area contributed by atoms with Crippen molar-refractivity contribution in [2.45, 2.75) is 12.8 Å². The molecule has 1 aliphatic heterocycles. The maximum atomic E-state index is 13.0. The molecular weight excluding hydrogens is 430 g/mol. The van der Waals surface area contributed by atoms with E-state index in [2.05, 4.69) is 12.2 Å². The number of esters is 1. The summed E-state index contributed by atoms with van der Waals surface area (Å²) in [5, 5.41) is 0. The van der Waals surface area contributed by atoms with E-state index < -0.39 is 5.97 Å². The molecule has 34 heavy (non-hydrogen) atoms. The molecule has 0 aromatic heterocycles. The fraction of sp³-hybridized carbons (Fsp3) is 0.357. The molecule has 6 nitrogen and oxygen atoms in total. The van der Waals surface area contributed by atoms with Crippen molar-refractivity contribution in [3.8, 4) is 11.1 Å². The van der Waals surface area contributed by atoms with Gasteiger partial charge in [0.05, 0.1) is 18.3 Å². The highest BCUT2D eigenvalue weighted by molar-refractivity contribution is 6.06. The lowest BCUT2D eigenvalue weighted by atomic mass is 9.63. The molecule has 2 saturated carbocycles. The normalized spacial score (nSPS) is 30.2. The van der Waals surface area contributed by atoms with E-state index >= 15 is 0 Å². The lowest BCUT2D eigenvalue weighted by Crippen LogP contribution is -2.40. The van der Waals surface area contributed by atoms with Crippen LogP contribution in [0.4, 0.5) is 0 Å². The molecule has 6 heteroatoms. The Balaban J connectivity index is 1.01. The van der Waals surface area contributed by atoms with E-state index in [0.717, 1.165) is 17.5 Å².